The summed E-state index contributed by atoms with van der Waals surface area (Å²) in [5.41, 5.74) is 0.635. The average molecular weight is 235 g/mol. The maximum Gasteiger partial charge on any atom is 0.396 e. The molecule has 1 heterocycles. The van der Waals surface area contributed by atoms with Gasteiger partial charge in [0.1, 0.15) is 0 Å². The molecule has 0 bridgehead atoms. The fourth-order valence-corrected chi connectivity index (χ4v) is 2.23. The quantitative estimate of drug-likeness (QED) is 0.607. The van der Waals surface area contributed by atoms with Gasteiger partial charge in [-0.15, -0.1) is 11.3 Å². The smallest absolute Gasteiger partial charge is 0.396 e. The third-order valence-corrected chi connectivity index (χ3v) is 3.06. The second-order valence-electron chi connectivity index (χ2n) is 3.09. The topological polar surface area (TPSA) is 55.4 Å². The van der Waals surface area contributed by atoms with Gasteiger partial charge in [-0.2, -0.15) is 0 Å². The van der Waals surface area contributed by atoms with Crippen LogP contribution in [-0.2, 0) is 14.3 Å². The Morgan fingerprint density at radius 3 is 2.81 bits per heavy atom. The van der Waals surface area contributed by atoms with Crippen LogP contribution in [-0.4, -0.2) is 19.0 Å². The van der Waals surface area contributed by atoms with Crippen molar-refractivity contribution in [1.29, 1.82) is 0 Å². The first-order valence-corrected chi connectivity index (χ1v) is 5.46. The molecule has 1 aromatic heterocycles. The fraction of sp³-hybridized carbons (Fsp3) is 0.0909. The molecule has 0 aliphatic heterocycles. The van der Waals surface area contributed by atoms with Gasteiger partial charge in [-0.25, -0.2) is 4.79 Å². The largest absolute Gasteiger partial charge is 0.462 e. The highest BCUT2D eigenvalue weighted by Crippen LogP contribution is 2.29. The molecule has 0 radical (unpaired) electrons. The number of esters is 1. The van der Waals surface area contributed by atoms with E-state index in [0.29, 0.717) is 5.69 Å². The van der Waals surface area contributed by atoms with Gasteiger partial charge in [-0.1, -0.05) is 18.2 Å². The van der Waals surface area contributed by atoms with Gasteiger partial charge in [0.15, 0.2) is 0 Å². The maximum absolute atomic E-state index is 11.3. The molecule has 2 rings (SSSR count). The summed E-state index contributed by atoms with van der Waals surface area (Å²) in [6, 6.07) is 7.64. The molecular weight excluding hydrogens is 226 g/mol. The van der Waals surface area contributed by atoms with Gasteiger partial charge in [0, 0.05) is 15.5 Å². The number of hydrogen-bond acceptors (Lipinski definition) is 4. The number of thiophene rings is 1. The molecule has 1 aromatic carbocycles. The molecule has 0 aliphatic rings. The predicted octanol–water partition coefficient (Wildman–Crippen LogP) is 2.01. The van der Waals surface area contributed by atoms with Crippen LogP contribution < -0.4 is 5.32 Å². The summed E-state index contributed by atoms with van der Waals surface area (Å²) in [7, 11) is 1.17. The zero-order chi connectivity index (χ0) is 11.5. The molecule has 0 unspecified atom stereocenters. The summed E-state index contributed by atoms with van der Waals surface area (Å²) < 4.78 is 5.38. The highest BCUT2D eigenvalue weighted by Gasteiger charge is 2.15. The van der Waals surface area contributed by atoms with Crippen LogP contribution in [0.5, 0.6) is 0 Å². The van der Waals surface area contributed by atoms with Gasteiger partial charge in [0.2, 0.25) is 0 Å². The van der Waals surface area contributed by atoms with E-state index in [1.54, 1.807) is 5.38 Å². The summed E-state index contributed by atoms with van der Waals surface area (Å²) in [5, 5.41) is 5.23. The van der Waals surface area contributed by atoms with E-state index in [1.807, 2.05) is 24.3 Å². The molecule has 1 N–H and O–H groups in total. The van der Waals surface area contributed by atoms with Crippen LogP contribution in [0.1, 0.15) is 0 Å². The van der Waals surface area contributed by atoms with Gasteiger partial charge in [0.05, 0.1) is 12.8 Å². The van der Waals surface area contributed by atoms with E-state index in [0.717, 1.165) is 10.1 Å². The second-order valence-corrected chi connectivity index (χ2v) is 4.00. The zero-order valence-electron chi connectivity index (χ0n) is 8.52. The molecule has 4 nitrogen and oxygen atoms in total. The second kappa shape index (κ2) is 4.32. The minimum Gasteiger partial charge on any atom is -0.462 e. The van der Waals surface area contributed by atoms with Crippen molar-refractivity contribution in [2.45, 2.75) is 0 Å². The molecule has 16 heavy (non-hydrogen) atoms. The summed E-state index contributed by atoms with van der Waals surface area (Å²) in [5.74, 6) is -1.65. The minimum absolute atomic E-state index is 0.635. The highest BCUT2D eigenvalue weighted by atomic mass is 32.1. The van der Waals surface area contributed by atoms with Crippen LogP contribution in [0.4, 0.5) is 5.69 Å². The number of carbonyl (C=O) groups excluding carboxylic acids is 2. The number of nitrogens with one attached hydrogen (secondary N) is 1. The van der Waals surface area contributed by atoms with E-state index in [1.165, 1.54) is 18.4 Å². The van der Waals surface area contributed by atoms with Crippen molar-refractivity contribution in [2.75, 3.05) is 12.4 Å². The number of fused-ring (bicyclic) bond motifs is 1. The monoisotopic (exact) mass is 235 g/mol. The Hall–Kier alpha value is -1.88. The van der Waals surface area contributed by atoms with Crippen molar-refractivity contribution in [3.8, 4) is 0 Å². The molecule has 0 fully saturated rings. The Labute approximate surface area is 95.8 Å². The third kappa shape index (κ3) is 1.90. The predicted molar refractivity (Wildman–Crippen MR) is 62.5 cm³/mol. The number of amides is 1. The molecule has 0 aliphatic carbocycles. The Morgan fingerprint density at radius 1 is 1.31 bits per heavy atom. The molecule has 0 spiro atoms. The zero-order valence-corrected chi connectivity index (χ0v) is 9.34. The first-order valence-electron chi connectivity index (χ1n) is 4.58. The number of ether oxygens (including phenoxy) is 1. The normalized spacial score (nSPS) is 10.1. The number of hydrogen-bond donors (Lipinski definition) is 1. The first kappa shape index (κ1) is 10.6. The summed E-state index contributed by atoms with van der Waals surface area (Å²) in [6.45, 7) is 0. The molecule has 2 aromatic rings. The summed E-state index contributed by atoms with van der Waals surface area (Å²) in [6.07, 6.45) is 0. The van der Waals surface area contributed by atoms with Crippen LogP contribution in [0.3, 0.4) is 0 Å². The van der Waals surface area contributed by atoms with Gasteiger partial charge in [-0.05, 0) is 6.07 Å². The first-order chi connectivity index (χ1) is 7.72. The standard InChI is InChI=1S/C11H9NO3S/c1-15-11(14)10(13)12-8-6-16-9-5-3-2-4-7(8)9/h2-6H,1H3,(H,12,13). The number of benzene rings is 1. The number of anilines is 1. The molecule has 0 saturated heterocycles. The van der Waals surface area contributed by atoms with Crippen LogP contribution in [0.25, 0.3) is 10.1 Å². The number of methoxy groups -OCH3 is 1. The Kier molecular flexibility index (Phi) is 2.87. The lowest BCUT2D eigenvalue weighted by atomic mass is 10.2. The van der Waals surface area contributed by atoms with E-state index >= 15 is 0 Å². The highest BCUT2D eigenvalue weighted by molar-refractivity contribution is 7.17. The fourth-order valence-electron chi connectivity index (χ4n) is 1.34. The van der Waals surface area contributed by atoms with Gasteiger partial charge < -0.3 is 10.1 Å². The number of carbonyl (C=O) groups is 2. The lowest BCUT2D eigenvalue weighted by Crippen LogP contribution is -2.23. The summed E-state index contributed by atoms with van der Waals surface area (Å²) >= 11 is 1.51. The van der Waals surface area contributed by atoms with Crippen molar-refractivity contribution < 1.29 is 14.3 Å². The van der Waals surface area contributed by atoms with Gasteiger partial charge in [0.25, 0.3) is 0 Å². The molecule has 5 heteroatoms. The molecular formula is C11H9NO3S. The maximum atomic E-state index is 11.3. The van der Waals surface area contributed by atoms with Crippen molar-refractivity contribution in [2.24, 2.45) is 0 Å². The van der Waals surface area contributed by atoms with E-state index in [4.69, 9.17) is 0 Å². The minimum atomic E-state index is -0.893. The SMILES string of the molecule is COC(=O)C(=O)Nc1csc2ccccc12. The van der Waals surface area contributed by atoms with Crippen LogP contribution in [0.15, 0.2) is 29.6 Å². The van der Waals surface area contributed by atoms with Crippen molar-refractivity contribution in [1.82, 2.24) is 0 Å². The molecule has 1 amide bonds. The third-order valence-electron chi connectivity index (χ3n) is 2.10. The average Bonchev–Trinajstić information content (AvgIpc) is 2.72. The van der Waals surface area contributed by atoms with E-state index < -0.39 is 11.9 Å². The Balaban J connectivity index is 2.28. The van der Waals surface area contributed by atoms with Crippen molar-refractivity contribution in [3.05, 3.63) is 29.6 Å². The molecule has 0 atom stereocenters. The van der Waals surface area contributed by atoms with Crippen LogP contribution in [0, 0.1) is 0 Å². The number of rotatable bonds is 1. The van der Waals surface area contributed by atoms with Crippen LogP contribution >= 0.6 is 11.3 Å². The molecule has 82 valence electrons. The van der Waals surface area contributed by atoms with Crippen molar-refractivity contribution in [3.63, 3.8) is 0 Å². The van der Waals surface area contributed by atoms with E-state index in [-0.39, 0.29) is 0 Å². The van der Waals surface area contributed by atoms with Crippen molar-refractivity contribution >= 4 is 39.0 Å². The van der Waals surface area contributed by atoms with E-state index in [9.17, 15) is 9.59 Å². The lowest BCUT2D eigenvalue weighted by molar-refractivity contribution is -0.150. The van der Waals surface area contributed by atoms with Gasteiger partial charge >= 0.3 is 11.9 Å². The summed E-state index contributed by atoms with van der Waals surface area (Å²) in [4.78, 5) is 22.2. The lowest BCUT2D eigenvalue weighted by Gasteiger charge is -2.01. The van der Waals surface area contributed by atoms with E-state index in [2.05, 4.69) is 10.1 Å². The van der Waals surface area contributed by atoms with Gasteiger partial charge in [-0.3, -0.25) is 4.79 Å². The molecule has 0 saturated carbocycles. The Morgan fingerprint density at radius 2 is 2.06 bits per heavy atom. The Bertz CT molecular complexity index is 547. The van der Waals surface area contributed by atoms with Crippen LogP contribution in [0.2, 0.25) is 0 Å².